The van der Waals surface area contributed by atoms with Crippen LogP contribution in [0.4, 0.5) is 0 Å². The van der Waals surface area contributed by atoms with Gasteiger partial charge in [-0.3, -0.25) is 4.40 Å². The van der Waals surface area contributed by atoms with Crippen molar-refractivity contribution in [2.45, 2.75) is 25.8 Å². The second-order valence-corrected chi connectivity index (χ2v) is 5.86. The van der Waals surface area contributed by atoms with E-state index in [-0.39, 0.29) is 6.04 Å². The molecule has 0 saturated carbocycles. The maximum atomic E-state index is 4.31. The van der Waals surface area contributed by atoms with Gasteiger partial charge in [-0.1, -0.05) is 6.07 Å². The van der Waals surface area contributed by atoms with Crippen LogP contribution in [-0.2, 0) is 0 Å². The van der Waals surface area contributed by atoms with Gasteiger partial charge in [0.2, 0.25) is 0 Å². The Morgan fingerprint density at radius 3 is 2.90 bits per heavy atom. The molecule has 1 atom stereocenters. The highest BCUT2D eigenvalue weighted by molar-refractivity contribution is 5.37. The molecule has 2 aromatic heterocycles. The molecule has 3 rings (SSSR count). The Kier molecular flexibility index (Phi) is 3.98. The van der Waals surface area contributed by atoms with Crippen LogP contribution in [0.15, 0.2) is 24.4 Å². The van der Waals surface area contributed by atoms with Crippen LogP contribution in [0.1, 0.15) is 31.6 Å². The molecule has 1 fully saturated rings. The van der Waals surface area contributed by atoms with Crippen molar-refractivity contribution < 1.29 is 0 Å². The number of hydrogen-bond acceptors (Lipinski definition) is 4. The molecule has 3 heterocycles. The van der Waals surface area contributed by atoms with Gasteiger partial charge < -0.3 is 10.2 Å². The standard InChI is InChI=1S/C15H23N5/c1-12(16-11-13-6-9-19(2)10-7-13)15-18-17-14-5-3-4-8-20(14)15/h3-5,8,12-13,16H,6-7,9-11H2,1-2H3. The number of hydrogen-bond donors (Lipinski definition) is 1. The van der Waals surface area contributed by atoms with Crippen LogP contribution >= 0.6 is 0 Å². The lowest BCUT2D eigenvalue weighted by molar-refractivity contribution is 0.213. The largest absolute Gasteiger partial charge is 0.307 e. The number of nitrogens with one attached hydrogen (secondary N) is 1. The van der Waals surface area contributed by atoms with E-state index in [9.17, 15) is 0 Å². The molecule has 0 amide bonds. The molecule has 1 aliphatic heterocycles. The zero-order valence-electron chi connectivity index (χ0n) is 12.3. The van der Waals surface area contributed by atoms with Gasteiger partial charge in [-0.15, -0.1) is 10.2 Å². The predicted octanol–water partition coefficient (Wildman–Crippen LogP) is 1.72. The molecule has 0 aliphatic carbocycles. The van der Waals surface area contributed by atoms with Gasteiger partial charge in [0.15, 0.2) is 11.5 Å². The Morgan fingerprint density at radius 1 is 1.30 bits per heavy atom. The molecule has 1 saturated heterocycles. The summed E-state index contributed by atoms with van der Waals surface area (Å²) in [6.07, 6.45) is 4.60. The van der Waals surface area contributed by atoms with Gasteiger partial charge in [0.1, 0.15) is 0 Å². The number of likely N-dealkylation sites (tertiary alicyclic amines) is 1. The van der Waals surface area contributed by atoms with Crippen LogP contribution < -0.4 is 5.32 Å². The fourth-order valence-electron chi connectivity index (χ4n) is 2.86. The molecule has 1 aliphatic rings. The summed E-state index contributed by atoms with van der Waals surface area (Å²) in [6, 6.07) is 6.22. The van der Waals surface area contributed by atoms with E-state index in [0.717, 1.165) is 23.9 Å². The number of nitrogens with zero attached hydrogens (tertiary/aromatic N) is 4. The first-order valence-corrected chi connectivity index (χ1v) is 7.45. The molecule has 0 spiro atoms. The monoisotopic (exact) mass is 273 g/mol. The average Bonchev–Trinajstić information content (AvgIpc) is 2.90. The van der Waals surface area contributed by atoms with E-state index in [1.54, 1.807) is 0 Å². The summed E-state index contributed by atoms with van der Waals surface area (Å²) >= 11 is 0. The lowest BCUT2D eigenvalue weighted by Crippen LogP contribution is -2.35. The molecule has 2 aromatic rings. The molecule has 5 nitrogen and oxygen atoms in total. The van der Waals surface area contributed by atoms with Gasteiger partial charge in [0, 0.05) is 6.20 Å². The van der Waals surface area contributed by atoms with Crippen LogP contribution in [-0.4, -0.2) is 46.2 Å². The van der Waals surface area contributed by atoms with E-state index in [0.29, 0.717) is 0 Å². The molecule has 0 bridgehead atoms. The Morgan fingerprint density at radius 2 is 2.10 bits per heavy atom. The minimum Gasteiger partial charge on any atom is -0.307 e. The molecule has 1 N–H and O–H groups in total. The van der Waals surface area contributed by atoms with E-state index < -0.39 is 0 Å². The lowest BCUT2D eigenvalue weighted by Gasteiger charge is -2.29. The van der Waals surface area contributed by atoms with Crippen LogP contribution in [0.25, 0.3) is 5.65 Å². The Labute approximate surface area is 120 Å². The Hall–Kier alpha value is -1.46. The van der Waals surface area contributed by atoms with Crippen molar-refractivity contribution in [1.82, 2.24) is 24.8 Å². The number of fused-ring (bicyclic) bond motifs is 1. The van der Waals surface area contributed by atoms with Crippen LogP contribution in [0.3, 0.4) is 0 Å². The summed E-state index contributed by atoms with van der Waals surface area (Å²) in [5.74, 6) is 1.78. The van der Waals surface area contributed by atoms with Gasteiger partial charge >= 0.3 is 0 Å². The number of aromatic nitrogens is 3. The van der Waals surface area contributed by atoms with Crippen molar-refractivity contribution in [3.63, 3.8) is 0 Å². The summed E-state index contributed by atoms with van der Waals surface area (Å²) < 4.78 is 2.06. The van der Waals surface area contributed by atoms with Gasteiger partial charge in [-0.25, -0.2) is 0 Å². The second-order valence-electron chi connectivity index (χ2n) is 5.86. The maximum absolute atomic E-state index is 4.31. The van der Waals surface area contributed by atoms with Crippen molar-refractivity contribution in [3.05, 3.63) is 30.2 Å². The molecule has 108 valence electrons. The first-order valence-electron chi connectivity index (χ1n) is 7.45. The zero-order valence-corrected chi connectivity index (χ0v) is 12.3. The average molecular weight is 273 g/mol. The fourth-order valence-corrected chi connectivity index (χ4v) is 2.86. The van der Waals surface area contributed by atoms with Crippen molar-refractivity contribution in [2.24, 2.45) is 5.92 Å². The molecular weight excluding hydrogens is 250 g/mol. The van der Waals surface area contributed by atoms with Crippen LogP contribution in [0.5, 0.6) is 0 Å². The second kappa shape index (κ2) is 5.89. The van der Waals surface area contributed by atoms with Crippen molar-refractivity contribution >= 4 is 5.65 Å². The number of piperidine rings is 1. The minimum absolute atomic E-state index is 0.229. The number of pyridine rings is 1. The third-order valence-corrected chi connectivity index (χ3v) is 4.28. The topological polar surface area (TPSA) is 45.5 Å². The predicted molar refractivity (Wildman–Crippen MR) is 79.6 cm³/mol. The smallest absolute Gasteiger partial charge is 0.160 e. The Bertz CT molecular complexity index is 556. The van der Waals surface area contributed by atoms with Gasteiger partial charge in [0.05, 0.1) is 6.04 Å². The van der Waals surface area contributed by atoms with Crippen molar-refractivity contribution in [1.29, 1.82) is 0 Å². The van der Waals surface area contributed by atoms with Gasteiger partial charge in [-0.2, -0.15) is 0 Å². The summed E-state index contributed by atoms with van der Waals surface area (Å²) in [5, 5.41) is 12.1. The highest BCUT2D eigenvalue weighted by atomic mass is 15.3. The lowest BCUT2D eigenvalue weighted by atomic mass is 9.97. The fraction of sp³-hybridized carbons (Fsp3) is 0.600. The van der Waals surface area contributed by atoms with Crippen molar-refractivity contribution in [3.8, 4) is 0 Å². The molecular formula is C15H23N5. The molecule has 0 radical (unpaired) electrons. The highest BCUT2D eigenvalue weighted by Crippen LogP contribution is 2.17. The zero-order chi connectivity index (χ0) is 13.9. The van der Waals surface area contributed by atoms with E-state index in [2.05, 4.69) is 38.8 Å². The first kappa shape index (κ1) is 13.5. The van der Waals surface area contributed by atoms with Gasteiger partial charge in [-0.05, 0) is 64.5 Å². The third kappa shape index (κ3) is 2.83. The molecule has 0 aromatic carbocycles. The van der Waals surface area contributed by atoms with Crippen LogP contribution in [0.2, 0.25) is 0 Å². The molecule has 1 unspecified atom stereocenters. The van der Waals surface area contributed by atoms with E-state index in [1.165, 1.54) is 25.9 Å². The van der Waals surface area contributed by atoms with E-state index in [1.807, 2.05) is 24.4 Å². The molecule has 20 heavy (non-hydrogen) atoms. The normalized spacial score (nSPS) is 19.5. The quantitative estimate of drug-likeness (QED) is 0.921. The summed E-state index contributed by atoms with van der Waals surface area (Å²) in [6.45, 7) is 5.67. The van der Waals surface area contributed by atoms with Crippen LogP contribution in [0, 0.1) is 5.92 Å². The van der Waals surface area contributed by atoms with E-state index in [4.69, 9.17) is 0 Å². The first-order chi connectivity index (χ1) is 9.74. The summed E-state index contributed by atoms with van der Waals surface area (Å²) in [7, 11) is 2.20. The highest BCUT2D eigenvalue weighted by Gasteiger charge is 2.19. The summed E-state index contributed by atoms with van der Waals surface area (Å²) in [4.78, 5) is 2.41. The molecule has 5 heteroatoms. The SMILES string of the molecule is CC(NCC1CCN(C)CC1)c1nnc2ccccn12. The van der Waals surface area contributed by atoms with Gasteiger partial charge in [0.25, 0.3) is 0 Å². The minimum atomic E-state index is 0.229. The third-order valence-electron chi connectivity index (χ3n) is 4.28. The Balaban J connectivity index is 1.60. The van der Waals surface area contributed by atoms with Crippen molar-refractivity contribution in [2.75, 3.05) is 26.7 Å². The maximum Gasteiger partial charge on any atom is 0.160 e. The summed E-state index contributed by atoms with van der Waals surface area (Å²) in [5.41, 5.74) is 0.912. The number of rotatable bonds is 4. The van der Waals surface area contributed by atoms with E-state index >= 15 is 0 Å².